The maximum Gasteiger partial charge on any atom is 0.329 e. The molecule has 0 saturated carbocycles. The van der Waals surface area contributed by atoms with Gasteiger partial charge in [0.25, 0.3) is 11.5 Å². The number of halogens is 2. The second-order valence-corrected chi connectivity index (χ2v) is 9.38. The molecule has 5 aromatic rings. The predicted octanol–water partition coefficient (Wildman–Crippen LogP) is 3.15. The van der Waals surface area contributed by atoms with Crippen LogP contribution in [0.3, 0.4) is 0 Å². The Labute approximate surface area is 216 Å². The Morgan fingerprint density at radius 2 is 1.92 bits per heavy atom. The van der Waals surface area contributed by atoms with E-state index in [4.69, 9.17) is 4.42 Å². The van der Waals surface area contributed by atoms with Crippen LogP contribution in [0.1, 0.15) is 21.7 Å². The smallest absolute Gasteiger partial charge is 0.329 e. The lowest BCUT2D eigenvalue weighted by atomic mass is 10.1. The fourth-order valence-corrected chi connectivity index (χ4v) is 4.84. The lowest BCUT2D eigenvalue weighted by Gasteiger charge is -2.28. The van der Waals surface area contributed by atoms with Crippen LogP contribution < -0.4 is 11.2 Å². The van der Waals surface area contributed by atoms with E-state index in [1.165, 1.54) is 27.7 Å². The van der Waals surface area contributed by atoms with E-state index < -0.39 is 23.0 Å². The highest BCUT2D eigenvalue weighted by Crippen LogP contribution is 2.27. The third kappa shape index (κ3) is 4.08. The second kappa shape index (κ2) is 8.96. The average molecular weight is 565 g/mol. The van der Waals surface area contributed by atoms with Crippen molar-refractivity contribution in [2.45, 2.75) is 19.6 Å². The molecule has 0 unspecified atom stereocenters. The van der Waals surface area contributed by atoms with Gasteiger partial charge in [-0.15, -0.1) is 10.2 Å². The van der Waals surface area contributed by atoms with Crippen molar-refractivity contribution in [1.82, 2.24) is 29.2 Å². The van der Waals surface area contributed by atoms with E-state index in [0.717, 1.165) is 0 Å². The Morgan fingerprint density at radius 3 is 2.73 bits per heavy atom. The Kier molecular flexibility index (Phi) is 5.60. The minimum atomic E-state index is -0.666. The summed E-state index contributed by atoms with van der Waals surface area (Å²) in [6.45, 7) is 0.947. The molecule has 0 spiro atoms. The summed E-state index contributed by atoms with van der Waals surface area (Å²) in [6, 6.07) is 14.4. The van der Waals surface area contributed by atoms with Crippen molar-refractivity contribution < 1.29 is 13.6 Å². The van der Waals surface area contributed by atoms with Crippen LogP contribution in [0, 0.1) is 5.82 Å². The predicted molar refractivity (Wildman–Crippen MR) is 134 cm³/mol. The van der Waals surface area contributed by atoms with Crippen LogP contribution in [-0.2, 0) is 19.6 Å². The van der Waals surface area contributed by atoms with Crippen molar-refractivity contribution in [3.8, 4) is 11.6 Å². The zero-order chi connectivity index (χ0) is 25.7. The average Bonchev–Trinajstić information content (AvgIpc) is 3.52. The number of hydrogen-bond donors (Lipinski definition) is 1. The van der Waals surface area contributed by atoms with Crippen molar-refractivity contribution >= 4 is 32.7 Å². The fourth-order valence-electron chi connectivity index (χ4n) is 4.53. The highest BCUT2D eigenvalue weighted by atomic mass is 79.9. The van der Waals surface area contributed by atoms with Gasteiger partial charge in [-0.05, 0) is 57.9 Å². The molecule has 1 aliphatic rings. The molecule has 12 heteroatoms. The number of rotatable bonds is 4. The van der Waals surface area contributed by atoms with E-state index in [1.54, 1.807) is 36.4 Å². The number of carbonyl (C=O) groups excluding carboxylic acids is 1. The Hall–Kier alpha value is -4.32. The van der Waals surface area contributed by atoms with Gasteiger partial charge in [0.1, 0.15) is 5.82 Å². The molecule has 1 N–H and O–H groups in total. The largest absolute Gasteiger partial charge is 0.446 e. The maximum absolute atomic E-state index is 14.8. The van der Waals surface area contributed by atoms with Crippen LogP contribution in [0.5, 0.6) is 0 Å². The minimum Gasteiger partial charge on any atom is -0.446 e. The number of amides is 1. The van der Waals surface area contributed by atoms with Crippen molar-refractivity contribution in [2.75, 3.05) is 6.54 Å². The number of para-hydroxylation sites is 1. The van der Waals surface area contributed by atoms with Crippen molar-refractivity contribution in [3.05, 3.63) is 103 Å². The van der Waals surface area contributed by atoms with E-state index in [1.807, 2.05) is 4.57 Å². The summed E-state index contributed by atoms with van der Waals surface area (Å²) in [4.78, 5) is 41.8. The highest BCUT2D eigenvalue weighted by molar-refractivity contribution is 9.10. The first-order valence-corrected chi connectivity index (χ1v) is 12.2. The molecular weight excluding hydrogens is 547 g/mol. The lowest BCUT2D eigenvalue weighted by Crippen LogP contribution is -2.39. The zero-order valence-corrected chi connectivity index (χ0v) is 20.7. The van der Waals surface area contributed by atoms with Gasteiger partial charge < -0.3 is 13.9 Å². The Balaban J connectivity index is 1.28. The number of fused-ring (bicyclic) bond motifs is 2. The molecule has 6 rings (SSSR count). The van der Waals surface area contributed by atoms with E-state index >= 15 is 0 Å². The number of hydrogen-bond acceptors (Lipinski definition) is 6. The summed E-state index contributed by atoms with van der Waals surface area (Å²) in [7, 11) is 0. The van der Waals surface area contributed by atoms with Crippen molar-refractivity contribution in [2.24, 2.45) is 0 Å². The highest BCUT2D eigenvalue weighted by Gasteiger charge is 2.28. The first-order chi connectivity index (χ1) is 17.9. The summed E-state index contributed by atoms with van der Waals surface area (Å²) >= 11 is 3.27. The Bertz CT molecular complexity index is 1800. The first-order valence-electron chi connectivity index (χ1n) is 11.4. The molecule has 1 aliphatic heterocycles. The molecule has 3 aromatic heterocycles. The molecule has 0 radical (unpaired) electrons. The minimum absolute atomic E-state index is 0.0487. The molecule has 4 heterocycles. The molecule has 10 nitrogen and oxygen atoms in total. The molecule has 0 saturated heterocycles. The number of aromatic nitrogens is 5. The number of nitrogens with one attached hydrogen (secondary N) is 1. The molecular formula is C25H18BrFN6O4. The zero-order valence-electron chi connectivity index (χ0n) is 19.1. The summed E-state index contributed by atoms with van der Waals surface area (Å²) in [5.74, 6) is 0.508. The van der Waals surface area contributed by atoms with Gasteiger partial charge in [0.05, 0.1) is 29.6 Å². The van der Waals surface area contributed by atoms with Crippen LogP contribution in [0.25, 0.3) is 22.5 Å². The third-order valence-corrected chi connectivity index (χ3v) is 6.77. The quantitative estimate of drug-likeness (QED) is 0.358. The molecule has 2 aromatic carbocycles. The summed E-state index contributed by atoms with van der Waals surface area (Å²) < 4.78 is 24.2. The van der Waals surface area contributed by atoms with Gasteiger partial charge >= 0.3 is 5.69 Å². The van der Waals surface area contributed by atoms with Gasteiger partial charge in [0, 0.05) is 13.1 Å². The van der Waals surface area contributed by atoms with E-state index in [2.05, 4.69) is 31.1 Å². The molecule has 0 aliphatic carbocycles. The van der Waals surface area contributed by atoms with Crippen LogP contribution >= 0.6 is 15.9 Å². The van der Waals surface area contributed by atoms with Crippen molar-refractivity contribution in [1.29, 1.82) is 0 Å². The fraction of sp³-hybridized carbons (Fsp3) is 0.160. The van der Waals surface area contributed by atoms with Crippen LogP contribution in [0.2, 0.25) is 0 Å². The number of aromatic amines is 1. The normalized spacial score (nSPS) is 13.2. The number of H-pyrrole nitrogens is 1. The standard InChI is InChI=1S/C25H18BrFN6O4/c26-20-8-7-19(37-20)22-30-29-21-13-31(9-10-32(21)22)24(35)16-11-14(5-6-17(16)27)12-33-18-4-2-1-3-15(18)23(34)28-25(33)36/h1-8,11H,9-10,12-13H2,(H,28,34,36). The number of carbonyl (C=O) groups is 1. The van der Waals surface area contributed by atoms with Crippen LogP contribution in [0.15, 0.2) is 73.3 Å². The van der Waals surface area contributed by atoms with E-state index in [-0.39, 0.29) is 18.7 Å². The van der Waals surface area contributed by atoms with Crippen LogP contribution in [-0.4, -0.2) is 41.7 Å². The van der Waals surface area contributed by atoms with Gasteiger partial charge in [0.2, 0.25) is 0 Å². The van der Waals surface area contributed by atoms with Gasteiger partial charge in [-0.25, -0.2) is 9.18 Å². The molecule has 37 heavy (non-hydrogen) atoms. The summed E-state index contributed by atoms with van der Waals surface area (Å²) in [6.07, 6.45) is 0. The lowest BCUT2D eigenvalue weighted by molar-refractivity contribution is 0.0703. The second-order valence-electron chi connectivity index (χ2n) is 8.60. The number of nitrogens with zero attached hydrogens (tertiary/aromatic N) is 5. The van der Waals surface area contributed by atoms with Crippen molar-refractivity contribution in [3.63, 3.8) is 0 Å². The Morgan fingerprint density at radius 1 is 1.08 bits per heavy atom. The summed E-state index contributed by atoms with van der Waals surface area (Å²) in [5, 5.41) is 8.75. The SMILES string of the molecule is O=C(c1cc(Cn2c(=O)[nH]c(=O)c3ccccc32)ccc1F)N1CCn2c(nnc2-c2ccc(Br)o2)C1. The number of benzene rings is 2. The number of furan rings is 1. The van der Waals surface area contributed by atoms with Gasteiger partial charge in [0.15, 0.2) is 22.1 Å². The maximum atomic E-state index is 14.8. The molecule has 0 fully saturated rings. The molecule has 186 valence electrons. The summed E-state index contributed by atoms with van der Waals surface area (Å²) in [5.41, 5.74) is -0.191. The van der Waals surface area contributed by atoms with Gasteiger partial charge in [-0.3, -0.25) is 19.1 Å². The molecule has 0 bridgehead atoms. The molecule has 0 atom stereocenters. The molecule has 1 amide bonds. The van der Waals surface area contributed by atoms with E-state index in [9.17, 15) is 18.8 Å². The van der Waals surface area contributed by atoms with Gasteiger partial charge in [-0.1, -0.05) is 18.2 Å². The van der Waals surface area contributed by atoms with E-state index in [0.29, 0.717) is 51.6 Å². The monoisotopic (exact) mass is 564 g/mol. The topological polar surface area (TPSA) is 119 Å². The first kappa shape index (κ1) is 23.1. The van der Waals surface area contributed by atoms with Gasteiger partial charge in [-0.2, -0.15) is 0 Å². The third-order valence-electron chi connectivity index (χ3n) is 6.34. The van der Waals surface area contributed by atoms with Crippen LogP contribution in [0.4, 0.5) is 4.39 Å².